The van der Waals surface area contributed by atoms with Crippen LogP contribution in [0.1, 0.15) is 11.3 Å². The van der Waals surface area contributed by atoms with Gasteiger partial charge >= 0.3 is 189 Å². The van der Waals surface area contributed by atoms with Crippen molar-refractivity contribution in [1.29, 1.82) is 0 Å². The molecule has 0 aliphatic rings. The van der Waals surface area contributed by atoms with Crippen molar-refractivity contribution in [2.75, 3.05) is 5.73 Å². The standard InChI is InChI=1S/C19H14FN5.2Pb/c1-12-9-14(7-8-22-12)17-15-10-23-19(21)16(20)18(15)25(24-17)11-13-5-3-2-4-6-13;;/h2-10H,1H3,(H2,21,23);;. The summed E-state index contributed by atoms with van der Waals surface area (Å²) in [4.78, 5) is 8.29. The fourth-order valence-corrected chi connectivity index (χ4v) is 5.58. The Hall–Kier alpha value is -1.44. The van der Waals surface area contributed by atoms with E-state index < -0.39 is 5.82 Å². The van der Waals surface area contributed by atoms with E-state index in [2.05, 4.69) is 22.1 Å². The number of nitrogen functional groups attached to an aromatic ring is 1. The number of nitrogens with zero attached hydrogens (tertiary/aromatic N) is 4. The van der Waals surface area contributed by atoms with Crippen LogP contribution in [0.2, 0.25) is 0 Å². The van der Waals surface area contributed by atoms with Crippen molar-refractivity contribution in [2.24, 2.45) is 0 Å². The van der Waals surface area contributed by atoms with Crippen molar-refractivity contribution in [2.45, 2.75) is 7.58 Å². The van der Waals surface area contributed by atoms with E-state index in [-0.39, 0.29) is 6.48 Å². The van der Waals surface area contributed by atoms with Crippen LogP contribution in [-0.2, 0) is 0.657 Å². The van der Waals surface area contributed by atoms with Gasteiger partial charge in [0.05, 0.1) is 0 Å². The zero-order valence-electron chi connectivity index (χ0n) is 14.4. The minimum absolute atomic E-state index is 0.103. The predicted molar refractivity (Wildman–Crippen MR) is 105 cm³/mol. The number of hydrogen-bond donors (Lipinski definition) is 1. The van der Waals surface area contributed by atoms with Gasteiger partial charge in [-0.25, -0.2) is 0 Å². The third kappa shape index (κ3) is 3.30. The van der Waals surface area contributed by atoms with Crippen LogP contribution >= 0.6 is 0 Å². The second kappa shape index (κ2) is 7.19. The molecule has 3 aromatic heterocycles. The monoisotopic (exact) mass is 747 g/mol. The van der Waals surface area contributed by atoms with E-state index in [1.54, 1.807) is 12.4 Å². The van der Waals surface area contributed by atoms with Crippen molar-refractivity contribution in [1.82, 2.24) is 19.7 Å². The zero-order valence-corrected chi connectivity index (χ0v) is 22.2. The third-order valence-corrected chi connectivity index (χ3v) is 8.26. The summed E-state index contributed by atoms with van der Waals surface area (Å²) in [7, 11) is 0. The van der Waals surface area contributed by atoms with Gasteiger partial charge in [0, 0.05) is 0 Å². The van der Waals surface area contributed by atoms with Gasteiger partial charge in [0.25, 0.3) is 0 Å². The number of anilines is 1. The Balaban J connectivity index is 2.05. The van der Waals surface area contributed by atoms with Gasteiger partial charge in [-0.1, -0.05) is 0 Å². The molecule has 5 nitrogen and oxygen atoms in total. The Morgan fingerprint density at radius 3 is 2.56 bits per heavy atom. The fourth-order valence-electron chi connectivity index (χ4n) is 3.03. The summed E-state index contributed by atoms with van der Waals surface area (Å²) < 4.78 is 16.6. The first-order valence-electron chi connectivity index (χ1n) is 8.21. The van der Waals surface area contributed by atoms with Gasteiger partial charge in [-0.05, 0) is 0 Å². The molecule has 4 aromatic rings. The first-order chi connectivity index (χ1) is 12.9. The Morgan fingerprint density at radius 2 is 1.85 bits per heavy atom. The van der Waals surface area contributed by atoms with Crippen LogP contribution in [0.3, 0.4) is 0 Å². The van der Waals surface area contributed by atoms with E-state index in [0.717, 1.165) is 68.4 Å². The molecule has 2 N–H and O–H groups in total. The van der Waals surface area contributed by atoms with Gasteiger partial charge in [0.2, 0.25) is 0 Å². The normalized spacial score (nSPS) is 11.9. The molecule has 0 saturated heterocycles. The molecule has 0 fully saturated rings. The average molecular weight is 746 g/mol. The first-order valence-corrected chi connectivity index (χ1v) is 12.1. The van der Waals surface area contributed by atoms with Crippen LogP contribution in [-0.4, -0.2) is 71.3 Å². The molecule has 3 heterocycles. The molecule has 0 spiro atoms. The summed E-state index contributed by atoms with van der Waals surface area (Å²) in [6.07, 6.45) is 3.36. The Morgan fingerprint density at radius 1 is 1.11 bits per heavy atom. The van der Waals surface area contributed by atoms with E-state index in [0.29, 0.717) is 16.6 Å². The molecule has 27 heavy (non-hydrogen) atoms. The number of halogens is 1. The van der Waals surface area contributed by atoms with Crippen molar-refractivity contribution in [3.63, 3.8) is 0 Å². The molecule has 130 valence electrons. The maximum atomic E-state index is 15.1. The van der Waals surface area contributed by atoms with Gasteiger partial charge < -0.3 is 0 Å². The van der Waals surface area contributed by atoms with Crippen LogP contribution in [0.5, 0.6) is 0 Å². The number of pyridine rings is 2. The molecule has 0 bridgehead atoms. The summed E-state index contributed by atoms with van der Waals surface area (Å²) in [5.41, 5.74) is 9.83. The van der Waals surface area contributed by atoms with Crippen molar-refractivity contribution >= 4 is 68.3 Å². The molecule has 0 aliphatic carbocycles. The predicted octanol–water partition coefficient (Wildman–Crippen LogP) is 2.52. The SMILES string of the molecule is Cc1cc(-c2nn([C]([Pb])([Pb])c3ccccc3)c3c(F)c(N)ncc23)ccn1. The van der Waals surface area contributed by atoms with Crippen molar-refractivity contribution in [3.05, 3.63) is 71.9 Å². The Bertz CT molecular complexity index is 1140. The minimum atomic E-state index is -0.510. The van der Waals surface area contributed by atoms with Gasteiger partial charge in [-0.2, -0.15) is 0 Å². The van der Waals surface area contributed by atoms with Crippen LogP contribution in [0.15, 0.2) is 54.9 Å². The maximum absolute atomic E-state index is 15.1. The quantitative estimate of drug-likeness (QED) is 0.328. The average Bonchev–Trinajstić information content (AvgIpc) is 3.06. The van der Waals surface area contributed by atoms with Crippen molar-refractivity contribution < 1.29 is 4.39 Å². The summed E-state index contributed by atoms with van der Waals surface area (Å²) >= 11 is 1.57. The number of aromatic nitrogens is 4. The number of aryl methyl sites for hydroxylation is 1. The summed E-state index contributed by atoms with van der Waals surface area (Å²) in [6, 6.07) is 14.0. The molecular formula is C19H14FN5Pb2. The molecule has 6 radical (unpaired) electrons. The molecule has 4 rings (SSSR count). The van der Waals surface area contributed by atoms with Gasteiger partial charge in [0.1, 0.15) is 0 Å². The molecule has 0 unspecified atom stereocenters. The second-order valence-corrected chi connectivity index (χ2v) is 19.4. The zero-order chi connectivity index (χ0) is 19.2. The van der Waals surface area contributed by atoms with Crippen molar-refractivity contribution in [3.8, 4) is 11.3 Å². The number of rotatable bonds is 3. The summed E-state index contributed by atoms with van der Waals surface area (Å²) in [6.45, 7) is 1.92. The summed E-state index contributed by atoms with van der Waals surface area (Å²) in [5, 5.41) is 5.54. The van der Waals surface area contributed by atoms with E-state index in [1.807, 2.05) is 41.9 Å². The van der Waals surface area contributed by atoms with Crippen LogP contribution in [0, 0.1) is 12.7 Å². The van der Waals surface area contributed by atoms with E-state index in [4.69, 9.17) is 10.8 Å². The fraction of sp³-hybridized carbons (Fsp3) is 0.105. The van der Waals surface area contributed by atoms with Crippen LogP contribution in [0.4, 0.5) is 10.2 Å². The number of nitrogens with two attached hydrogens (primary N) is 1. The Kier molecular flexibility index (Phi) is 5.03. The molecule has 1 aromatic carbocycles. The topological polar surface area (TPSA) is 69.6 Å². The van der Waals surface area contributed by atoms with E-state index in [1.165, 1.54) is 0 Å². The second-order valence-electron chi connectivity index (χ2n) is 6.24. The molecule has 0 amide bonds. The Labute approximate surface area is 187 Å². The van der Waals surface area contributed by atoms with Gasteiger partial charge in [0.15, 0.2) is 0 Å². The first kappa shape index (κ1) is 18.9. The summed E-state index contributed by atoms with van der Waals surface area (Å²) in [5.74, 6) is -0.614. The molecular weight excluding hydrogens is 732 g/mol. The van der Waals surface area contributed by atoms with E-state index >= 15 is 4.39 Å². The van der Waals surface area contributed by atoms with Gasteiger partial charge in [-0.3, -0.25) is 0 Å². The number of benzene rings is 1. The van der Waals surface area contributed by atoms with Crippen LogP contribution < -0.4 is 5.73 Å². The molecule has 8 heteroatoms. The molecule has 0 aliphatic heterocycles. The molecule has 0 atom stereocenters. The van der Waals surface area contributed by atoms with Crippen LogP contribution in [0.25, 0.3) is 22.2 Å². The number of fused-ring (bicyclic) bond motifs is 1. The van der Waals surface area contributed by atoms with Gasteiger partial charge in [-0.15, -0.1) is 0 Å². The molecule has 0 saturated carbocycles. The number of hydrogen-bond acceptors (Lipinski definition) is 4. The third-order valence-electron chi connectivity index (χ3n) is 4.37. The van der Waals surface area contributed by atoms with E-state index in [9.17, 15) is 0 Å².